The zero-order valence-electron chi connectivity index (χ0n) is 13.4. The Morgan fingerprint density at radius 1 is 0.880 bits per heavy atom. The molecule has 2 N–H and O–H groups in total. The maximum atomic E-state index is 12.0. The summed E-state index contributed by atoms with van der Waals surface area (Å²) < 4.78 is 0. The smallest absolute Gasteiger partial charge is 0.259 e. The van der Waals surface area contributed by atoms with Gasteiger partial charge in [-0.25, -0.2) is 15.0 Å². The third kappa shape index (κ3) is 3.84. The number of nitrogens with one attached hydrogen (secondary N) is 2. The number of anilines is 1. The molecule has 0 saturated carbocycles. The van der Waals surface area contributed by atoms with E-state index in [1.54, 1.807) is 31.4 Å². The van der Waals surface area contributed by atoms with Crippen molar-refractivity contribution < 1.29 is 9.59 Å². The van der Waals surface area contributed by atoms with Crippen molar-refractivity contribution in [1.29, 1.82) is 0 Å². The van der Waals surface area contributed by atoms with Crippen molar-refractivity contribution in [3.63, 3.8) is 0 Å². The molecular formula is C18H15N5O2. The molecule has 7 heteroatoms. The van der Waals surface area contributed by atoms with E-state index < -0.39 is 0 Å². The lowest BCUT2D eigenvalue weighted by atomic mass is 10.0. The summed E-state index contributed by atoms with van der Waals surface area (Å²) >= 11 is 0. The first-order valence-corrected chi connectivity index (χ1v) is 7.52. The molecule has 0 radical (unpaired) electrons. The first-order chi connectivity index (χ1) is 12.2. The van der Waals surface area contributed by atoms with Crippen LogP contribution in [0.1, 0.15) is 20.7 Å². The van der Waals surface area contributed by atoms with Crippen LogP contribution in [0.4, 0.5) is 5.82 Å². The Morgan fingerprint density at radius 3 is 2.36 bits per heavy atom. The molecule has 7 nitrogen and oxygen atoms in total. The Bertz CT molecular complexity index is 895. The van der Waals surface area contributed by atoms with Crippen molar-refractivity contribution in [2.75, 3.05) is 12.4 Å². The van der Waals surface area contributed by atoms with Crippen molar-refractivity contribution in [1.82, 2.24) is 20.3 Å². The number of benzene rings is 1. The molecule has 0 spiro atoms. The third-order valence-electron chi connectivity index (χ3n) is 3.51. The van der Waals surface area contributed by atoms with Crippen molar-refractivity contribution >= 4 is 17.6 Å². The van der Waals surface area contributed by atoms with E-state index in [4.69, 9.17) is 0 Å². The Balaban J connectivity index is 1.76. The monoisotopic (exact) mass is 333 g/mol. The summed E-state index contributed by atoms with van der Waals surface area (Å²) in [5, 5.41) is 5.28. The van der Waals surface area contributed by atoms with Crippen LogP contribution in [-0.2, 0) is 0 Å². The Morgan fingerprint density at radius 2 is 1.68 bits per heavy atom. The van der Waals surface area contributed by atoms with Gasteiger partial charge in [0, 0.05) is 36.8 Å². The van der Waals surface area contributed by atoms with E-state index in [1.807, 2.05) is 18.2 Å². The number of rotatable bonds is 4. The zero-order chi connectivity index (χ0) is 17.6. The molecular weight excluding hydrogens is 318 g/mol. The second kappa shape index (κ2) is 7.31. The molecule has 2 heterocycles. The highest BCUT2D eigenvalue weighted by Gasteiger charge is 2.08. The minimum Gasteiger partial charge on any atom is -0.355 e. The molecule has 0 fully saturated rings. The highest BCUT2D eigenvalue weighted by atomic mass is 16.2. The maximum absolute atomic E-state index is 12.0. The highest BCUT2D eigenvalue weighted by molar-refractivity contribution is 6.03. The van der Waals surface area contributed by atoms with Gasteiger partial charge in [0.05, 0.1) is 5.56 Å². The lowest BCUT2D eigenvalue weighted by Crippen LogP contribution is -2.17. The second-order valence-electron chi connectivity index (χ2n) is 5.17. The van der Waals surface area contributed by atoms with Crippen LogP contribution in [0.3, 0.4) is 0 Å². The predicted molar refractivity (Wildman–Crippen MR) is 93.0 cm³/mol. The van der Waals surface area contributed by atoms with Gasteiger partial charge in [0.25, 0.3) is 11.8 Å². The molecule has 2 amide bonds. The van der Waals surface area contributed by atoms with Gasteiger partial charge in [-0.2, -0.15) is 0 Å². The van der Waals surface area contributed by atoms with Crippen LogP contribution in [0, 0.1) is 0 Å². The molecule has 0 aliphatic rings. The number of pyridine rings is 1. The van der Waals surface area contributed by atoms with Gasteiger partial charge in [-0.05, 0) is 29.8 Å². The fraction of sp³-hybridized carbons (Fsp3) is 0.0556. The zero-order valence-corrected chi connectivity index (χ0v) is 13.4. The van der Waals surface area contributed by atoms with Gasteiger partial charge >= 0.3 is 0 Å². The van der Waals surface area contributed by atoms with E-state index in [0.29, 0.717) is 16.9 Å². The van der Waals surface area contributed by atoms with Gasteiger partial charge in [0.15, 0.2) is 0 Å². The number of carbonyl (C=O) groups excluding carboxylic acids is 2. The minimum absolute atomic E-state index is 0.149. The lowest BCUT2D eigenvalue weighted by Gasteiger charge is -2.07. The number of hydrogen-bond donors (Lipinski definition) is 2. The quantitative estimate of drug-likeness (QED) is 0.762. The van der Waals surface area contributed by atoms with Gasteiger partial charge in [0.2, 0.25) is 0 Å². The minimum atomic E-state index is -0.331. The van der Waals surface area contributed by atoms with Crippen molar-refractivity contribution in [3.8, 4) is 11.1 Å². The molecule has 25 heavy (non-hydrogen) atoms. The van der Waals surface area contributed by atoms with Crippen LogP contribution in [-0.4, -0.2) is 33.8 Å². The number of hydrogen-bond acceptors (Lipinski definition) is 5. The van der Waals surface area contributed by atoms with Crippen LogP contribution >= 0.6 is 0 Å². The van der Waals surface area contributed by atoms with Crippen molar-refractivity contribution in [2.24, 2.45) is 0 Å². The standard InChI is InChI=1S/C18H15N5O2/c1-19-17(24)13-4-2-3-12(7-13)14-5-6-16(22-10-14)23-18(25)15-8-20-11-21-9-15/h2-11H,1H3,(H,19,24)(H,22,23,25). The fourth-order valence-electron chi connectivity index (χ4n) is 2.23. The third-order valence-corrected chi connectivity index (χ3v) is 3.51. The van der Waals surface area contributed by atoms with Crippen molar-refractivity contribution in [2.45, 2.75) is 0 Å². The molecule has 0 saturated heterocycles. The summed E-state index contributed by atoms with van der Waals surface area (Å²) in [4.78, 5) is 35.6. The average Bonchev–Trinajstić information content (AvgIpc) is 2.68. The molecule has 0 unspecified atom stereocenters. The number of carbonyl (C=O) groups is 2. The van der Waals surface area contributed by atoms with Crippen LogP contribution in [0.15, 0.2) is 61.3 Å². The molecule has 1 aromatic carbocycles. The Hall–Kier alpha value is -3.61. The first kappa shape index (κ1) is 16.3. The largest absolute Gasteiger partial charge is 0.355 e. The van der Waals surface area contributed by atoms with Crippen molar-refractivity contribution in [3.05, 3.63) is 72.4 Å². The highest BCUT2D eigenvalue weighted by Crippen LogP contribution is 2.21. The van der Waals surface area contributed by atoms with E-state index >= 15 is 0 Å². The van der Waals surface area contributed by atoms with Gasteiger partial charge in [0.1, 0.15) is 12.1 Å². The van der Waals surface area contributed by atoms with Crippen LogP contribution in [0.2, 0.25) is 0 Å². The van der Waals surface area contributed by atoms with E-state index in [1.165, 1.54) is 18.7 Å². The van der Waals surface area contributed by atoms with E-state index in [0.717, 1.165) is 11.1 Å². The van der Waals surface area contributed by atoms with Crippen LogP contribution < -0.4 is 10.6 Å². The second-order valence-corrected chi connectivity index (χ2v) is 5.17. The number of amides is 2. The summed E-state index contributed by atoms with van der Waals surface area (Å²) in [6.45, 7) is 0. The molecule has 0 bridgehead atoms. The lowest BCUT2D eigenvalue weighted by molar-refractivity contribution is 0.0962. The molecule has 3 aromatic rings. The SMILES string of the molecule is CNC(=O)c1cccc(-c2ccc(NC(=O)c3cncnc3)nc2)c1. The van der Waals surface area contributed by atoms with Gasteiger partial charge in [-0.15, -0.1) is 0 Å². The van der Waals surface area contributed by atoms with E-state index in [-0.39, 0.29) is 11.8 Å². The molecule has 0 atom stereocenters. The summed E-state index contributed by atoms with van der Waals surface area (Å²) in [5.41, 5.74) is 2.63. The molecule has 0 aliphatic heterocycles. The van der Waals surface area contributed by atoms with E-state index in [9.17, 15) is 9.59 Å². The summed E-state index contributed by atoms with van der Waals surface area (Å²) in [5.74, 6) is -0.0636. The molecule has 3 rings (SSSR count). The number of aromatic nitrogens is 3. The fourth-order valence-corrected chi connectivity index (χ4v) is 2.23. The summed E-state index contributed by atoms with van der Waals surface area (Å²) in [6, 6.07) is 10.8. The van der Waals surface area contributed by atoms with Crippen LogP contribution in [0.5, 0.6) is 0 Å². The Kier molecular flexibility index (Phi) is 4.75. The average molecular weight is 333 g/mol. The predicted octanol–water partition coefficient (Wildman–Crippen LogP) is 2.15. The maximum Gasteiger partial charge on any atom is 0.259 e. The van der Waals surface area contributed by atoms with Gasteiger partial charge < -0.3 is 10.6 Å². The van der Waals surface area contributed by atoms with Crippen LogP contribution in [0.25, 0.3) is 11.1 Å². The van der Waals surface area contributed by atoms with Gasteiger partial charge in [-0.1, -0.05) is 12.1 Å². The molecule has 0 aliphatic carbocycles. The summed E-state index contributed by atoms with van der Waals surface area (Å²) in [7, 11) is 1.59. The van der Waals surface area contributed by atoms with E-state index in [2.05, 4.69) is 25.6 Å². The normalized spacial score (nSPS) is 10.1. The summed E-state index contributed by atoms with van der Waals surface area (Å²) in [6.07, 6.45) is 5.86. The first-order valence-electron chi connectivity index (χ1n) is 7.52. The number of nitrogens with zero attached hydrogens (tertiary/aromatic N) is 3. The topological polar surface area (TPSA) is 96.9 Å². The molecule has 2 aromatic heterocycles. The molecule has 124 valence electrons. The Labute approximate surface area is 144 Å². The van der Waals surface area contributed by atoms with Gasteiger partial charge in [-0.3, -0.25) is 9.59 Å².